The Hall–Kier alpha value is -1.88. The Labute approximate surface area is 130 Å². The van der Waals surface area contributed by atoms with Gasteiger partial charge in [-0.3, -0.25) is 4.79 Å². The molecule has 1 saturated carbocycles. The van der Waals surface area contributed by atoms with Crippen LogP contribution in [0, 0.1) is 5.92 Å². The molecule has 120 valence electrons. The molecule has 5 heteroatoms. The SMILES string of the molecule is CCCOC1CCC(C(=O)Oc2ccc(C(=O)O)cc2)CC1. The number of carboxylic acids is 1. The van der Waals surface area contributed by atoms with Gasteiger partial charge in [-0.05, 0) is 56.4 Å². The Kier molecular flexibility index (Phi) is 5.95. The van der Waals surface area contributed by atoms with Crippen LogP contribution < -0.4 is 4.74 Å². The van der Waals surface area contributed by atoms with Crippen LogP contribution in [0.1, 0.15) is 49.4 Å². The molecule has 0 aliphatic heterocycles. The fraction of sp³-hybridized carbons (Fsp3) is 0.529. The minimum Gasteiger partial charge on any atom is -0.478 e. The average molecular weight is 306 g/mol. The lowest BCUT2D eigenvalue weighted by Gasteiger charge is -2.27. The number of esters is 1. The van der Waals surface area contributed by atoms with E-state index in [-0.39, 0.29) is 23.6 Å². The first-order valence-corrected chi connectivity index (χ1v) is 7.76. The summed E-state index contributed by atoms with van der Waals surface area (Å²) in [6.07, 6.45) is 4.60. The van der Waals surface area contributed by atoms with Gasteiger partial charge in [-0.1, -0.05) is 6.92 Å². The minimum absolute atomic E-state index is 0.0966. The van der Waals surface area contributed by atoms with Gasteiger partial charge in [0.1, 0.15) is 5.75 Å². The van der Waals surface area contributed by atoms with Crippen molar-refractivity contribution in [2.75, 3.05) is 6.61 Å². The smallest absolute Gasteiger partial charge is 0.335 e. The van der Waals surface area contributed by atoms with E-state index in [9.17, 15) is 9.59 Å². The van der Waals surface area contributed by atoms with E-state index in [0.717, 1.165) is 38.7 Å². The number of rotatable bonds is 6. The highest BCUT2D eigenvalue weighted by Crippen LogP contribution is 2.28. The Morgan fingerprint density at radius 2 is 1.77 bits per heavy atom. The molecule has 1 N–H and O–H groups in total. The van der Waals surface area contributed by atoms with Crippen molar-refractivity contribution < 1.29 is 24.2 Å². The lowest BCUT2D eigenvalue weighted by molar-refractivity contribution is -0.141. The molecule has 1 aliphatic carbocycles. The van der Waals surface area contributed by atoms with Gasteiger partial charge in [0.25, 0.3) is 0 Å². The molecule has 0 heterocycles. The molecule has 5 nitrogen and oxygen atoms in total. The number of carboxylic acid groups (broad SMARTS) is 1. The summed E-state index contributed by atoms with van der Waals surface area (Å²) in [6.45, 7) is 2.86. The Morgan fingerprint density at radius 1 is 1.14 bits per heavy atom. The summed E-state index contributed by atoms with van der Waals surface area (Å²) in [7, 11) is 0. The molecule has 0 bridgehead atoms. The van der Waals surface area contributed by atoms with Gasteiger partial charge in [-0.2, -0.15) is 0 Å². The molecule has 0 unspecified atom stereocenters. The number of hydrogen-bond acceptors (Lipinski definition) is 4. The van der Waals surface area contributed by atoms with Crippen LogP contribution in [0.25, 0.3) is 0 Å². The van der Waals surface area contributed by atoms with Crippen molar-refractivity contribution in [3.8, 4) is 5.75 Å². The van der Waals surface area contributed by atoms with E-state index >= 15 is 0 Å². The van der Waals surface area contributed by atoms with Gasteiger partial charge in [0.15, 0.2) is 0 Å². The first kappa shape index (κ1) is 16.5. The van der Waals surface area contributed by atoms with E-state index in [4.69, 9.17) is 14.6 Å². The molecule has 1 aliphatic rings. The van der Waals surface area contributed by atoms with E-state index < -0.39 is 5.97 Å². The summed E-state index contributed by atoms with van der Waals surface area (Å²) < 4.78 is 11.0. The third kappa shape index (κ3) is 4.56. The second kappa shape index (κ2) is 7.94. The number of carbonyl (C=O) groups is 2. The largest absolute Gasteiger partial charge is 0.478 e. The number of benzene rings is 1. The number of hydrogen-bond donors (Lipinski definition) is 1. The number of ether oxygens (including phenoxy) is 2. The van der Waals surface area contributed by atoms with Gasteiger partial charge >= 0.3 is 11.9 Å². The normalized spacial score (nSPS) is 21.3. The average Bonchev–Trinajstić information content (AvgIpc) is 2.54. The Balaban J connectivity index is 1.81. The Morgan fingerprint density at radius 3 is 2.32 bits per heavy atom. The van der Waals surface area contributed by atoms with Gasteiger partial charge in [0.05, 0.1) is 17.6 Å². The van der Waals surface area contributed by atoms with Crippen LogP contribution >= 0.6 is 0 Å². The molecule has 0 spiro atoms. The van der Waals surface area contributed by atoms with Crippen LogP contribution in [0.2, 0.25) is 0 Å². The second-order valence-corrected chi connectivity index (χ2v) is 5.60. The molecule has 2 rings (SSSR count). The van der Waals surface area contributed by atoms with Crippen molar-refractivity contribution in [1.82, 2.24) is 0 Å². The van der Waals surface area contributed by atoms with Crippen molar-refractivity contribution in [2.24, 2.45) is 5.92 Å². The summed E-state index contributed by atoms with van der Waals surface area (Å²) in [5.41, 5.74) is 0.174. The van der Waals surface area contributed by atoms with Gasteiger partial charge < -0.3 is 14.6 Å². The standard InChI is InChI=1S/C17H22O5/c1-2-11-21-14-7-5-13(6-8-14)17(20)22-15-9-3-12(4-10-15)16(18)19/h3-4,9-10,13-14H,2,5-8,11H2,1H3,(H,18,19). The van der Waals surface area contributed by atoms with E-state index in [1.165, 1.54) is 24.3 Å². The molecule has 1 aromatic rings. The topological polar surface area (TPSA) is 72.8 Å². The van der Waals surface area contributed by atoms with Crippen LogP contribution in [-0.4, -0.2) is 29.8 Å². The second-order valence-electron chi connectivity index (χ2n) is 5.60. The molecule has 0 atom stereocenters. The van der Waals surface area contributed by atoms with Crippen LogP contribution in [0.5, 0.6) is 5.75 Å². The van der Waals surface area contributed by atoms with Crippen molar-refractivity contribution in [3.05, 3.63) is 29.8 Å². The molecular formula is C17H22O5. The zero-order valence-corrected chi connectivity index (χ0v) is 12.8. The predicted molar refractivity (Wildman–Crippen MR) is 81.0 cm³/mol. The molecule has 0 saturated heterocycles. The number of aromatic carboxylic acids is 1. The first-order valence-electron chi connectivity index (χ1n) is 7.76. The van der Waals surface area contributed by atoms with Crippen molar-refractivity contribution in [2.45, 2.75) is 45.1 Å². The maximum atomic E-state index is 12.1. The van der Waals surface area contributed by atoms with Crippen LogP contribution in [-0.2, 0) is 9.53 Å². The van der Waals surface area contributed by atoms with E-state index in [1.54, 1.807) is 0 Å². The zero-order valence-electron chi connectivity index (χ0n) is 12.8. The molecule has 1 aromatic carbocycles. The van der Waals surface area contributed by atoms with Crippen molar-refractivity contribution in [1.29, 1.82) is 0 Å². The lowest BCUT2D eigenvalue weighted by Crippen LogP contribution is -2.29. The van der Waals surface area contributed by atoms with Crippen LogP contribution in [0.15, 0.2) is 24.3 Å². The summed E-state index contributed by atoms with van der Waals surface area (Å²) in [5, 5.41) is 8.83. The highest BCUT2D eigenvalue weighted by Gasteiger charge is 2.28. The van der Waals surface area contributed by atoms with Gasteiger partial charge in [-0.15, -0.1) is 0 Å². The molecular weight excluding hydrogens is 284 g/mol. The van der Waals surface area contributed by atoms with E-state index in [1.807, 2.05) is 0 Å². The predicted octanol–water partition coefficient (Wildman–Crippen LogP) is 3.28. The van der Waals surface area contributed by atoms with Gasteiger partial charge in [-0.25, -0.2) is 4.79 Å². The van der Waals surface area contributed by atoms with Crippen molar-refractivity contribution >= 4 is 11.9 Å². The fourth-order valence-electron chi connectivity index (χ4n) is 2.61. The Bertz CT molecular complexity index is 500. The molecule has 0 radical (unpaired) electrons. The van der Waals surface area contributed by atoms with Crippen LogP contribution in [0.3, 0.4) is 0 Å². The van der Waals surface area contributed by atoms with Gasteiger partial charge in [0.2, 0.25) is 0 Å². The maximum absolute atomic E-state index is 12.1. The molecule has 1 fully saturated rings. The van der Waals surface area contributed by atoms with Crippen molar-refractivity contribution in [3.63, 3.8) is 0 Å². The summed E-state index contributed by atoms with van der Waals surface area (Å²) >= 11 is 0. The molecule has 0 amide bonds. The zero-order chi connectivity index (χ0) is 15.9. The first-order chi connectivity index (χ1) is 10.6. The van der Waals surface area contributed by atoms with Crippen LogP contribution in [0.4, 0.5) is 0 Å². The highest BCUT2D eigenvalue weighted by atomic mass is 16.5. The van der Waals surface area contributed by atoms with E-state index in [0.29, 0.717) is 5.75 Å². The molecule has 0 aromatic heterocycles. The van der Waals surface area contributed by atoms with Gasteiger partial charge in [0, 0.05) is 6.61 Å². The lowest BCUT2D eigenvalue weighted by atomic mass is 9.87. The fourth-order valence-corrected chi connectivity index (χ4v) is 2.61. The third-order valence-corrected chi connectivity index (χ3v) is 3.88. The highest BCUT2D eigenvalue weighted by molar-refractivity contribution is 5.87. The van der Waals surface area contributed by atoms with E-state index in [2.05, 4.69) is 6.92 Å². The maximum Gasteiger partial charge on any atom is 0.335 e. The number of carbonyl (C=O) groups excluding carboxylic acids is 1. The minimum atomic E-state index is -0.997. The molecule has 22 heavy (non-hydrogen) atoms. The quantitative estimate of drug-likeness (QED) is 0.645. The third-order valence-electron chi connectivity index (χ3n) is 3.88. The summed E-state index contributed by atoms with van der Waals surface area (Å²) in [6, 6.07) is 5.88. The summed E-state index contributed by atoms with van der Waals surface area (Å²) in [5.74, 6) is -0.944. The monoisotopic (exact) mass is 306 g/mol. The summed E-state index contributed by atoms with van der Waals surface area (Å²) in [4.78, 5) is 22.9.